The first kappa shape index (κ1) is 22.2. The van der Waals surface area contributed by atoms with Crippen LogP contribution in [0.3, 0.4) is 0 Å². The van der Waals surface area contributed by atoms with Crippen molar-refractivity contribution in [1.82, 2.24) is 9.80 Å². The fourth-order valence-corrected chi connectivity index (χ4v) is 4.61. The Labute approximate surface area is 189 Å². The van der Waals surface area contributed by atoms with Crippen molar-refractivity contribution in [3.8, 4) is 5.75 Å². The number of hydrogen-bond donors (Lipinski definition) is 1. The molecule has 0 aromatic heterocycles. The number of hydrogen-bond acceptors (Lipinski definition) is 6. The highest BCUT2D eigenvalue weighted by Gasteiger charge is 2.55. The van der Waals surface area contributed by atoms with E-state index in [1.807, 2.05) is 52.8 Å². The molecule has 0 aliphatic carbocycles. The number of amides is 2. The molecule has 4 rings (SSSR count). The van der Waals surface area contributed by atoms with Crippen molar-refractivity contribution in [2.24, 2.45) is 10.7 Å². The summed E-state index contributed by atoms with van der Waals surface area (Å²) in [5.74, 6) is 0.681. The molecular formula is C24H32N4O4. The number of carbonyl (C=O) groups excluding carboxylic acids is 2. The number of aliphatic imine (C=N–C) groups is 1. The van der Waals surface area contributed by atoms with Gasteiger partial charge in [-0.3, -0.25) is 9.69 Å². The minimum Gasteiger partial charge on any atom is -0.487 e. The number of benzene rings is 1. The minimum absolute atomic E-state index is 0.155. The molecule has 3 heterocycles. The second-order valence-corrected chi connectivity index (χ2v) is 10.4. The molecule has 32 heavy (non-hydrogen) atoms. The molecule has 0 saturated heterocycles. The molecule has 1 unspecified atom stereocenters. The third kappa shape index (κ3) is 3.82. The first-order valence-corrected chi connectivity index (χ1v) is 11.0. The standard InChI is InChI=1S/C24H32N4O4/c1-22(2,3)32-21(30)28-11-7-8-16(13-28)15-9-10-18-17(12-15)24(14-23(4,5)31-18)19(29)27(6)20(25)26-24/h8-10,12H,7,11,13-14H2,1-6H3,(H2,25,26). The second kappa shape index (κ2) is 7.25. The number of nitrogens with zero attached hydrogens (tertiary/aromatic N) is 3. The smallest absolute Gasteiger partial charge is 0.410 e. The van der Waals surface area contributed by atoms with Crippen LogP contribution >= 0.6 is 0 Å². The number of ether oxygens (including phenoxy) is 2. The van der Waals surface area contributed by atoms with Gasteiger partial charge in [0.05, 0.1) is 0 Å². The molecule has 0 saturated carbocycles. The number of carbonyl (C=O) groups is 2. The van der Waals surface area contributed by atoms with E-state index < -0.39 is 16.7 Å². The molecule has 2 N–H and O–H groups in total. The van der Waals surface area contributed by atoms with E-state index in [1.54, 1.807) is 11.9 Å². The van der Waals surface area contributed by atoms with Crippen molar-refractivity contribution in [1.29, 1.82) is 0 Å². The van der Waals surface area contributed by atoms with Crippen molar-refractivity contribution >= 4 is 23.5 Å². The molecule has 3 aliphatic heterocycles. The van der Waals surface area contributed by atoms with Crippen LogP contribution in [0.1, 0.15) is 58.6 Å². The van der Waals surface area contributed by atoms with Gasteiger partial charge in [0.25, 0.3) is 5.91 Å². The van der Waals surface area contributed by atoms with E-state index in [-0.39, 0.29) is 18.0 Å². The summed E-state index contributed by atoms with van der Waals surface area (Å²) in [5, 5.41) is 0. The minimum atomic E-state index is -1.11. The largest absolute Gasteiger partial charge is 0.487 e. The zero-order valence-electron chi connectivity index (χ0n) is 19.7. The number of guanidine groups is 1. The molecule has 0 radical (unpaired) electrons. The molecular weight excluding hydrogens is 408 g/mol. The predicted molar refractivity (Wildman–Crippen MR) is 122 cm³/mol. The second-order valence-electron chi connectivity index (χ2n) is 10.4. The highest BCUT2D eigenvalue weighted by molar-refractivity contribution is 6.07. The summed E-state index contributed by atoms with van der Waals surface area (Å²) in [7, 11) is 1.64. The molecule has 2 amide bonds. The molecule has 0 bridgehead atoms. The zero-order chi connectivity index (χ0) is 23.5. The van der Waals surface area contributed by atoms with Gasteiger partial charge in [0.15, 0.2) is 11.5 Å². The molecule has 1 atom stereocenters. The van der Waals surface area contributed by atoms with Crippen LogP contribution in [0.5, 0.6) is 5.75 Å². The van der Waals surface area contributed by atoms with Gasteiger partial charge in [-0.2, -0.15) is 0 Å². The SMILES string of the molecule is CN1C(=O)C2(CC(C)(C)Oc3ccc(C4=CCCN(C(=O)OC(C)(C)C)C4)cc32)N=C1N. The van der Waals surface area contributed by atoms with Crippen LogP contribution < -0.4 is 10.5 Å². The lowest BCUT2D eigenvalue weighted by atomic mass is 9.76. The lowest BCUT2D eigenvalue weighted by Crippen LogP contribution is -2.49. The van der Waals surface area contributed by atoms with E-state index >= 15 is 0 Å². The molecule has 1 aromatic carbocycles. The zero-order valence-corrected chi connectivity index (χ0v) is 19.7. The van der Waals surface area contributed by atoms with E-state index in [1.165, 1.54) is 4.90 Å². The van der Waals surface area contributed by atoms with E-state index in [9.17, 15) is 9.59 Å². The van der Waals surface area contributed by atoms with Gasteiger partial charge in [-0.25, -0.2) is 9.79 Å². The first-order valence-electron chi connectivity index (χ1n) is 11.0. The maximum Gasteiger partial charge on any atom is 0.410 e. The fourth-order valence-electron chi connectivity index (χ4n) is 4.61. The summed E-state index contributed by atoms with van der Waals surface area (Å²) in [6, 6.07) is 5.81. The molecule has 0 fully saturated rings. The summed E-state index contributed by atoms with van der Waals surface area (Å²) in [6.07, 6.45) is 2.92. The van der Waals surface area contributed by atoms with Crippen LogP contribution in [-0.4, -0.2) is 59.1 Å². The van der Waals surface area contributed by atoms with Crippen LogP contribution in [0.15, 0.2) is 29.3 Å². The normalized spacial score (nSPS) is 24.6. The summed E-state index contributed by atoms with van der Waals surface area (Å²) in [4.78, 5) is 33.6. The Balaban J connectivity index is 1.70. The van der Waals surface area contributed by atoms with Crippen molar-refractivity contribution in [3.63, 3.8) is 0 Å². The predicted octanol–water partition coefficient (Wildman–Crippen LogP) is 3.25. The summed E-state index contributed by atoms with van der Waals surface area (Å²) < 4.78 is 11.7. The highest BCUT2D eigenvalue weighted by atomic mass is 16.6. The Morgan fingerprint density at radius 1 is 1.28 bits per heavy atom. The Morgan fingerprint density at radius 3 is 2.62 bits per heavy atom. The summed E-state index contributed by atoms with van der Waals surface area (Å²) in [5.41, 5.74) is 6.46. The van der Waals surface area contributed by atoms with Crippen LogP contribution in [0.4, 0.5) is 4.79 Å². The fraction of sp³-hybridized carbons (Fsp3) is 0.542. The van der Waals surface area contributed by atoms with Gasteiger partial charge in [0.2, 0.25) is 0 Å². The average molecular weight is 441 g/mol. The third-order valence-corrected chi connectivity index (χ3v) is 5.97. The summed E-state index contributed by atoms with van der Waals surface area (Å²) in [6.45, 7) is 10.5. The Kier molecular flexibility index (Phi) is 5.02. The van der Waals surface area contributed by atoms with E-state index in [0.29, 0.717) is 30.8 Å². The van der Waals surface area contributed by atoms with Gasteiger partial charge in [-0.15, -0.1) is 0 Å². The number of nitrogens with two attached hydrogens (primary N) is 1. The van der Waals surface area contributed by atoms with Crippen molar-refractivity contribution in [2.75, 3.05) is 20.1 Å². The van der Waals surface area contributed by atoms with Gasteiger partial charge in [0, 0.05) is 32.1 Å². The van der Waals surface area contributed by atoms with Crippen molar-refractivity contribution in [3.05, 3.63) is 35.4 Å². The third-order valence-electron chi connectivity index (χ3n) is 5.97. The summed E-state index contributed by atoms with van der Waals surface area (Å²) >= 11 is 0. The first-order chi connectivity index (χ1) is 14.8. The molecule has 172 valence electrons. The van der Waals surface area contributed by atoms with Crippen LogP contribution in [-0.2, 0) is 15.1 Å². The Bertz CT molecular complexity index is 1040. The van der Waals surface area contributed by atoms with Crippen LogP contribution in [0.25, 0.3) is 5.57 Å². The Morgan fingerprint density at radius 2 is 2.00 bits per heavy atom. The van der Waals surface area contributed by atoms with Crippen molar-refractivity contribution < 1.29 is 19.1 Å². The van der Waals surface area contributed by atoms with Gasteiger partial charge in [-0.1, -0.05) is 12.1 Å². The maximum atomic E-state index is 13.3. The number of likely N-dealkylation sites (N-methyl/N-ethyl adjacent to an activating group) is 1. The highest BCUT2D eigenvalue weighted by Crippen LogP contribution is 2.49. The maximum absolute atomic E-state index is 13.3. The molecule has 1 spiro atoms. The van der Waals surface area contributed by atoms with Crippen LogP contribution in [0, 0.1) is 0 Å². The van der Waals surface area contributed by atoms with Crippen LogP contribution in [0.2, 0.25) is 0 Å². The topological polar surface area (TPSA) is 97.5 Å². The molecule has 8 nitrogen and oxygen atoms in total. The van der Waals surface area contributed by atoms with Gasteiger partial charge >= 0.3 is 6.09 Å². The lowest BCUT2D eigenvalue weighted by molar-refractivity contribution is -0.133. The number of fused-ring (bicyclic) bond motifs is 2. The quantitative estimate of drug-likeness (QED) is 0.723. The van der Waals surface area contributed by atoms with Gasteiger partial charge in [0.1, 0.15) is 17.0 Å². The monoisotopic (exact) mass is 440 g/mol. The van der Waals surface area contributed by atoms with E-state index in [4.69, 9.17) is 15.2 Å². The molecule has 8 heteroatoms. The van der Waals surface area contributed by atoms with E-state index in [2.05, 4.69) is 11.1 Å². The molecule has 1 aromatic rings. The van der Waals surface area contributed by atoms with Gasteiger partial charge < -0.3 is 20.1 Å². The van der Waals surface area contributed by atoms with E-state index in [0.717, 1.165) is 17.6 Å². The Hall–Kier alpha value is -3.03. The lowest BCUT2D eigenvalue weighted by Gasteiger charge is -2.41. The van der Waals surface area contributed by atoms with Crippen molar-refractivity contribution in [2.45, 2.75) is 64.2 Å². The average Bonchev–Trinajstić information content (AvgIpc) is 2.90. The number of rotatable bonds is 1. The van der Waals surface area contributed by atoms with Gasteiger partial charge in [-0.05, 0) is 64.3 Å². The molecule has 3 aliphatic rings.